The summed E-state index contributed by atoms with van der Waals surface area (Å²) in [5.74, 6) is 0. The molecule has 0 aliphatic heterocycles. The molecule has 0 saturated heterocycles. The molecule has 1 aliphatic rings. The van der Waals surface area contributed by atoms with Crippen LogP contribution >= 0.6 is 0 Å². The predicted octanol–water partition coefficient (Wildman–Crippen LogP) is 4.18. The Hall–Kier alpha value is -1.60. The monoisotopic (exact) mass is 251 g/mol. The van der Waals surface area contributed by atoms with Gasteiger partial charge in [0.05, 0.1) is 0 Å². The highest BCUT2D eigenvalue weighted by Gasteiger charge is 2.23. The molecule has 0 amide bonds. The summed E-state index contributed by atoms with van der Waals surface area (Å²) in [5, 5.41) is 3.42. The van der Waals surface area contributed by atoms with Gasteiger partial charge in [0.15, 0.2) is 0 Å². The van der Waals surface area contributed by atoms with E-state index in [1.54, 1.807) is 0 Å². The number of nitrogens with one attached hydrogen (secondary N) is 1. The standard InChI is InChI=1S/C18H21N/c1-12-7-8-13(2)17(11-12)14-5-4-6-16-15(14)9-10-18(16)19-3/h4-8,11,18-19H,9-10H2,1-3H3. The lowest BCUT2D eigenvalue weighted by Crippen LogP contribution is -2.12. The average molecular weight is 251 g/mol. The van der Waals surface area contributed by atoms with E-state index < -0.39 is 0 Å². The fourth-order valence-electron chi connectivity index (χ4n) is 3.23. The zero-order valence-electron chi connectivity index (χ0n) is 12.0. The van der Waals surface area contributed by atoms with Crippen molar-refractivity contribution < 1.29 is 0 Å². The minimum atomic E-state index is 0.528. The Morgan fingerprint density at radius 2 is 1.89 bits per heavy atom. The normalized spacial score (nSPS) is 17.5. The van der Waals surface area contributed by atoms with Crippen molar-refractivity contribution in [3.8, 4) is 11.1 Å². The first-order valence-corrected chi connectivity index (χ1v) is 7.07. The molecule has 2 aromatic carbocycles. The molecule has 3 rings (SSSR count). The van der Waals surface area contributed by atoms with E-state index in [1.165, 1.54) is 46.2 Å². The maximum atomic E-state index is 3.42. The number of hydrogen-bond donors (Lipinski definition) is 1. The van der Waals surface area contributed by atoms with Crippen LogP contribution in [-0.2, 0) is 6.42 Å². The minimum Gasteiger partial charge on any atom is -0.313 e. The first kappa shape index (κ1) is 12.4. The van der Waals surface area contributed by atoms with E-state index in [2.05, 4.69) is 62.6 Å². The van der Waals surface area contributed by atoms with Gasteiger partial charge in [-0.2, -0.15) is 0 Å². The third-order valence-electron chi connectivity index (χ3n) is 4.30. The SMILES string of the molecule is CNC1CCc2c(-c3cc(C)ccc3C)cccc21. The molecule has 1 atom stereocenters. The quantitative estimate of drug-likeness (QED) is 0.844. The largest absolute Gasteiger partial charge is 0.313 e. The van der Waals surface area contributed by atoms with Crippen molar-refractivity contribution in [3.63, 3.8) is 0 Å². The molecule has 0 saturated carbocycles. The summed E-state index contributed by atoms with van der Waals surface area (Å²) in [6, 6.07) is 14.0. The van der Waals surface area contributed by atoms with E-state index in [0.29, 0.717) is 6.04 Å². The molecule has 98 valence electrons. The van der Waals surface area contributed by atoms with Crippen molar-refractivity contribution in [1.29, 1.82) is 0 Å². The van der Waals surface area contributed by atoms with Gasteiger partial charge in [0.2, 0.25) is 0 Å². The fraction of sp³-hybridized carbons (Fsp3) is 0.333. The molecule has 0 aromatic heterocycles. The molecule has 19 heavy (non-hydrogen) atoms. The van der Waals surface area contributed by atoms with Gasteiger partial charge in [0, 0.05) is 6.04 Å². The second-order valence-electron chi connectivity index (χ2n) is 5.57. The van der Waals surface area contributed by atoms with Crippen molar-refractivity contribution in [2.45, 2.75) is 32.7 Å². The van der Waals surface area contributed by atoms with Gasteiger partial charge >= 0.3 is 0 Å². The van der Waals surface area contributed by atoms with Crippen LogP contribution in [0, 0.1) is 13.8 Å². The van der Waals surface area contributed by atoms with E-state index in [-0.39, 0.29) is 0 Å². The summed E-state index contributed by atoms with van der Waals surface area (Å²) < 4.78 is 0. The van der Waals surface area contributed by atoms with Gasteiger partial charge in [0.25, 0.3) is 0 Å². The van der Waals surface area contributed by atoms with Gasteiger partial charge in [-0.15, -0.1) is 0 Å². The Morgan fingerprint density at radius 3 is 2.68 bits per heavy atom. The molecule has 1 aliphatic carbocycles. The Labute approximate surface area is 115 Å². The first-order valence-electron chi connectivity index (χ1n) is 7.07. The van der Waals surface area contributed by atoms with Crippen molar-refractivity contribution in [3.05, 3.63) is 58.7 Å². The summed E-state index contributed by atoms with van der Waals surface area (Å²) in [7, 11) is 2.06. The second kappa shape index (κ2) is 4.82. The van der Waals surface area contributed by atoms with Crippen LogP contribution in [0.1, 0.15) is 34.7 Å². The number of rotatable bonds is 2. The molecular weight excluding hydrogens is 230 g/mol. The second-order valence-corrected chi connectivity index (χ2v) is 5.57. The van der Waals surface area contributed by atoms with Crippen LogP contribution in [0.15, 0.2) is 36.4 Å². The highest BCUT2D eigenvalue weighted by atomic mass is 14.9. The highest BCUT2D eigenvalue weighted by molar-refractivity contribution is 5.73. The Balaban J connectivity index is 2.17. The summed E-state index contributed by atoms with van der Waals surface area (Å²) >= 11 is 0. The molecular formula is C18H21N. The molecule has 0 heterocycles. The Morgan fingerprint density at radius 1 is 1.05 bits per heavy atom. The summed E-state index contributed by atoms with van der Waals surface area (Å²) in [5.41, 5.74) is 8.55. The van der Waals surface area contributed by atoms with Crippen LogP contribution < -0.4 is 5.32 Å². The molecule has 1 unspecified atom stereocenters. The lowest BCUT2D eigenvalue weighted by Gasteiger charge is -2.14. The number of benzene rings is 2. The van der Waals surface area contributed by atoms with Crippen LogP contribution in [0.4, 0.5) is 0 Å². The molecule has 0 radical (unpaired) electrons. The van der Waals surface area contributed by atoms with Crippen LogP contribution in [0.5, 0.6) is 0 Å². The smallest absolute Gasteiger partial charge is 0.0323 e. The molecule has 0 spiro atoms. The zero-order chi connectivity index (χ0) is 13.4. The number of hydrogen-bond acceptors (Lipinski definition) is 1. The van der Waals surface area contributed by atoms with Gasteiger partial charge in [-0.3, -0.25) is 0 Å². The molecule has 0 fully saturated rings. The first-order chi connectivity index (χ1) is 9.20. The molecule has 1 N–H and O–H groups in total. The lowest BCUT2D eigenvalue weighted by atomic mass is 9.92. The summed E-state index contributed by atoms with van der Waals surface area (Å²) in [4.78, 5) is 0. The summed E-state index contributed by atoms with van der Waals surface area (Å²) in [6.45, 7) is 4.38. The summed E-state index contributed by atoms with van der Waals surface area (Å²) in [6.07, 6.45) is 2.40. The van der Waals surface area contributed by atoms with E-state index in [0.717, 1.165) is 0 Å². The van der Waals surface area contributed by atoms with Gasteiger partial charge in [-0.25, -0.2) is 0 Å². The van der Waals surface area contributed by atoms with E-state index in [9.17, 15) is 0 Å². The van der Waals surface area contributed by atoms with Crippen molar-refractivity contribution in [1.82, 2.24) is 5.32 Å². The number of aryl methyl sites for hydroxylation is 2. The Bertz CT molecular complexity index is 613. The fourth-order valence-corrected chi connectivity index (χ4v) is 3.23. The van der Waals surface area contributed by atoms with E-state index in [4.69, 9.17) is 0 Å². The third kappa shape index (κ3) is 2.08. The number of fused-ring (bicyclic) bond motifs is 1. The Kier molecular flexibility index (Phi) is 3.16. The maximum Gasteiger partial charge on any atom is 0.0323 e. The van der Waals surface area contributed by atoms with Gasteiger partial charge in [-0.05, 0) is 61.6 Å². The van der Waals surface area contributed by atoms with Gasteiger partial charge in [0.1, 0.15) is 0 Å². The zero-order valence-corrected chi connectivity index (χ0v) is 12.0. The minimum absolute atomic E-state index is 0.528. The van der Waals surface area contributed by atoms with Crippen LogP contribution in [0.2, 0.25) is 0 Å². The molecule has 0 bridgehead atoms. The lowest BCUT2D eigenvalue weighted by molar-refractivity contribution is 0.590. The van der Waals surface area contributed by atoms with Crippen molar-refractivity contribution >= 4 is 0 Å². The van der Waals surface area contributed by atoms with Crippen LogP contribution in [-0.4, -0.2) is 7.05 Å². The average Bonchev–Trinajstić information content (AvgIpc) is 2.84. The van der Waals surface area contributed by atoms with Crippen molar-refractivity contribution in [2.24, 2.45) is 0 Å². The molecule has 1 nitrogen and oxygen atoms in total. The maximum absolute atomic E-state index is 3.42. The topological polar surface area (TPSA) is 12.0 Å². The van der Waals surface area contributed by atoms with Crippen molar-refractivity contribution in [2.75, 3.05) is 7.05 Å². The highest BCUT2D eigenvalue weighted by Crippen LogP contribution is 2.38. The third-order valence-corrected chi connectivity index (χ3v) is 4.30. The molecule has 1 heteroatoms. The van der Waals surface area contributed by atoms with Gasteiger partial charge in [-0.1, -0.05) is 42.0 Å². The van der Waals surface area contributed by atoms with E-state index in [1.807, 2.05) is 0 Å². The predicted molar refractivity (Wildman–Crippen MR) is 81.5 cm³/mol. The van der Waals surface area contributed by atoms with Crippen LogP contribution in [0.3, 0.4) is 0 Å². The van der Waals surface area contributed by atoms with E-state index >= 15 is 0 Å². The van der Waals surface area contributed by atoms with Gasteiger partial charge < -0.3 is 5.32 Å². The van der Waals surface area contributed by atoms with Crippen LogP contribution in [0.25, 0.3) is 11.1 Å². The molecule has 2 aromatic rings.